The number of benzene rings is 1. The van der Waals surface area contributed by atoms with Crippen molar-refractivity contribution >= 4 is 34.2 Å². The van der Waals surface area contributed by atoms with Crippen molar-refractivity contribution in [1.29, 1.82) is 0 Å². The Kier molecular flexibility index (Phi) is 3.66. The van der Waals surface area contributed by atoms with E-state index < -0.39 is 0 Å². The zero-order valence-corrected chi connectivity index (χ0v) is 12.7. The minimum absolute atomic E-state index is 0.329. The summed E-state index contributed by atoms with van der Waals surface area (Å²) in [5.74, 6) is 0. The molecule has 0 fully saturated rings. The van der Waals surface area contributed by atoms with Gasteiger partial charge in [0, 0.05) is 23.7 Å². The van der Waals surface area contributed by atoms with E-state index in [0.29, 0.717) is 27.9 Å². The molecule has 3 rings (SSSR count). The molecule has 0 saturated carbocycles. The van der Waals surface area contributed by atoms with Gasteiger partial charge in [-0.25, -0.2) is 9.78 Å². The largest absolute Gasteiger partial charge is 0.349 e. The molecule has 3 aromatic rings. The molecule has 0 unspecified atom stereocenters. The lowest BCUT2D eigenvalue weighted by molar-refractivity contribution is 0.723. The number of aryl methyl sites for hydroxylation is 1. The summed E-state index contributed by atoms with van der Waals surface area (Å²) >= 11 is 12.0. The second kappa shape index (κ2) is 5.47. The molecule has 0 amide bonds. The smallest absolute Gasteiger partial charge is 0.276 e. The summed E-state index contributed by atoms with van der Waals surface area (Å²) in [5, 5.41) is 1.69. The average Bonchev–Trinajstić information content (AvgIpc) is 2.49. The molecule has 2 aromatic heterocycles. The fraction of sp³-hybridized carbons (Fsp3) is 0.133. The lowest BCUT2D eigenvalue weighted by Gasteiger charge is -2.10. The highest BCUT2D eigenvalue weighted by molar-refractivity contribution is 6.42. The third-order valence-electron chi connectivity index (χ3n) is 3.25. The van der Waals surface area contributed by atoms with Gasteiger partial charge in [-0.05, 0) is 31.2 Å². The van der Waals surface area contributed by atoms with Gasteiger partial charge in [0.1, 0.15) is 5.65 Å². The summed E-state index contributed by atoms with van der Waals surface area (Å²) in [6.45, 7) is 2.40. The van der Waals surface area contributed by atoms with Crippen molar-refractivity contribution in [3.63, 3.8) is 0 Å². The van der Waals surface area contributed by atoms with E-state index in [1.807, 2.05) is 19.1 Å². The van der Waals surface area contributed by atoms with Gasteiger partial charge in [0.25, 0.3) is 0 Å². The first-order valence-electron chi connectivity index (χ1n) is 6.43. The van der Waals surface area contributed by atoms with Crippen molar-refractivity contribution in [2.45, 2.75) is 13.5 Å². The Labute approximate surface area is 131 Å². The first kappa shape index (κ1) is 14.0. The summed E-state index contributed by atoms with van der Waals surface area (Å²) in [6, 6.07) is 8.88. The standard InChI is InChI=1S/C15H11Cl2N3O/c1-2-20-14-10(4-3-7-18-14)13(19-15(20)21)9-5-6-11(16)12(17)8-9/h3-8H,2H2,1H3. The number of hydrogen-bond donors (Lipinski definition) is 0. The normalized spacial score (nSPS) is 11.0. The fourth-order valence-corrected chi connectivity index (χ4v) is 2.55. The number of rotatable bonds is 2. The second-order valence-corrected chi connectivity index (χ2v) is 5.31. The quantitative estimate of drug-likeness (QED) is 0.722. The number of hydrogen-bond acceptors (Lipinski definition) is 3. The van der Waals surface area contributed by atoms with Gasteiger partial charge < -0.3 is 0 Å². The average molecular weight is 320 g/mol. The van der Waals surface area contributed by atoms with Crippen LogP contribution in [0.25, 0.3) is 22.3 Å². The molecule has 1 aromatic carbocycles. The summed E-state index contributed by atoms with van der Waals surface area (Å²) in [6.07, 6.45) is 1.66. The molecule has 0 N–H and O–H groups in total. The van der Waals surface area contributed by atoms with Crippen LogP contribution in [0, 0.1) is 0 Å². The van der Waals surface area contributed by atoms with Crippen LogP contribution in [-0.4, -0.2) is 14.5 Å². The Morgan fingerprint density at radius 3 is 2.71 bits per heavy atom. The SMILES string of the molecule is CCn1c(=O)nc(-c2ccc(Cl)c(Cl)c2)c2cccnc21. The molecule has 0 bridgehead atoms. The van der Waals surface area contributed by atoms with Crippen LogP contribution >= 0.6 is 23.2 Å². The summed E-state index contributed by atoms with van der Waals surface area (Å²) in [5.41, 5.74) is 1.58. The lowest BCUT2D eigenvalue weighted by atomic mass is 10.1. The maximum absolute atomic E-state index is 12.2. The predicted octanol–water partition coefficient (Wildman–Crippen LogP) is 3.79. The van der Waals surface area contributed by atoms with Crippen LogP contribution < -0.4 is 5.69 Å². The van der Waals surface area contributed by atoms with Gasteiger partial charge in [0.05, 0.1) is 15.7 Å². The van der Waals surface area contributed by atoms with Crippen molar-refractivity contribution in [2.75, 3.05) is 0 Å². The number of aromatic nitrogens is 3. The van der Waals surface area contributed by atoms with E-state index in [4.69, 9.17) is 23.2 Å². The topological polar surface area (TPSA) is 47.8 Å². The summed E-state index contributed by atoms with van der Waals surface area (Å²) < 4.78 is 1.54. The Balaban J connectivity index is 2.38. The molecule has 0 saturated heterocycles. The highest BCUT2D eigenvalue weighted by Gasteiger charge is 2.12. The third-order valence-corrected chi connectivity index (χ3v) is 3.98. The molecule has 0 aliphatic carbocycles. The number of nitrogens with zero attached hydrogens (tertiary/aromatic N) is 3. The second-order valence-electron chi connectivity index (χ2n) is 4.49. The minimum Gasteiger partial charge on any atom is -0.276 e. The van der Waals surface area contributed by atoms with Gasteiger partial charge in [0.2, 0.25) is 0 Å². The monoisotopic (exact) mass is 319 g/mol. The van der Waals surface area contributed by atoms with Crippen LogP contribution in [0.2, 0.25) is 10.0 Å². The fourth-order valence-electron chi connectivity index (χ4n) is 2.25. The molecular formula is C15H11Cl2N3O. The van der Waals surface area contributed by atoms with Crippen LogP contribution in [0.5, 0.6) is 0 Å². The molecule has 21 heavy (non-hydrogen) atoms. The first-order valence-corrected chi connectivity index (χ1v) is 7.18. The molecule has 0 spiro atoms. The van der Waals surface area contributed by atoms with Crippen molar-refractivity contribution in [3.8, 4) is 11.3 Å². The Bertz CT molecular complexity index is 890. The van der Waals surface area contributed by atoms with Crippen LogP contribution in [0.4, 0.5) is 0 Å². The van der Waals surface area contributed by atoms with Crippen LogP contribution in [0.3, 0.4) is 0 Å². The first-order chi connectivity index (χ1) is 10.1. The van der Waals surface area contributed by atoms with Crippen LogP contribution in [0.15, 0.2) is 41.3 Å². The van der Waals surface area contributed by atoms with E-state index >= 15 is 0 Å². The van der Waals surface area contributed by atoms with E-state index in [1.165, 1.54) is 4.57 Å². The van der Waals surface area contributed by atoms with Crippen LogP contribution in [-0.2, 0) is 6.54 Å². The molecule has 0 aliphatic rings. The van der Waals surface area contributed by atoms with Crippen molar-refractivity contribution in [2.24, 2.45) is 0 Å². The third kappa shape index (κ3) is 2.41. The molecule has 4 nitrogen and oxygen atoms in total. The Morgan fingerprint density at radius 1 is 1.19 bits per heavy atom. The molecular weight excluding hydrogens is 309 g/mol. The predicted molar refractivity (Wildman–Crippen MR) is 84.9 cm³/mol. The lowest BCUT2D eigenvalue weighted by Crippen LogP contribution is -2.23. The Hall–Kier alpha value is -1.91. The Morgan fingerprint density at radius 2 is 2.00 bits per heavy atom. The molecule has 6 heteroatoms. The van der Waals surface area contributed by atoms with E-state index in [9.17, 15) is 4.79 Å². The highest BCUT2D eigenvalue weighted by atomic mass is 35.5. The van der Waals surface area contributed by atoms with Gasteiger partial charge in [-0.3, -0.25) is 4.57 Å². The summed E-state index contributed by atoms with van der Waals surface area (Å²) in [4.78, 5) is 20.6. The molecule has 0 radical (unpaired) electrons. The van der Waals surface area contributed by atoms with Crippen molar-refractivity contribution < 1.29 is 0 Å². The maximum Gasteiger partial charge on any atom is 0.349 e. The van der Waals surface area contributed by atoms with Crippen molar-refractivity contribution in [3.05, 3.63) is 57.1 Å². The highest BCUT2D eigenvalue weighted by Crippen LogP contribution is 2.30. The van der Waals surface area contributed by atoms with E-state index in [-0.39, 0.29) is 5.69 Å². The number of fused-ring (bicyclic) bond motifs is 1. The van der Waals surface area contributed by atoms with Gasteiger partial charge in [-0.15, -0.1) is 0 Å². The van der Waals surface area contributed by atoms with E-state index in [2.05, 4.69) is 9.97 Å². The molecule has 0 atom stereocenters. The van der Waals surface area contributed by atoms with Gasteiger partial charge >= 0.3 is 5.69 Å². The van der Waals surface area contributed by atoms with E-state index in [1.54, 1.807) is 24.4 Å². The zero-order valence-electron chi connectivity index (χ0n) is 11.2. The zero-order chi connectivity index (χ0) is 15.0. The maximum atomic E-state index is 12.2. The molecule has 2 heterocycles. The van der Waals surface area contributed by atoms with Gasteiger partial charge in [0.15, 0.2) is 0 Å². The van der Waals surface area contributed by atoms with Gasteiger partial charge in [-0.1, -0.05) is 29.3 Å². The minimum atomic E-state index is -0.329. The van der Waals surface area contributed by atoms with E-state index in [0.717, 1.165) is 10.9 Å². The van der Waals surface area contributed by atoms with Crippen LogP contribution in [0.1, 0.15) is 6.92 Å². The molecule has 0 aliphatic heterocycles. The number of pyridine rings is 1. The van der Waals surface area contributed by atoms with Gasteiger partial charge in [-0.2, -0.15) is 4.98 Å². The number of halogens is 2. The molecule has 106 valence electrons. The van der Waals surface area contributed by atoms with Crippen molar-refractivity contribution in [1.82, 2.24) is 14.5 Å². The summed E-state index contributed by atoms with van der Waals surface area (Å²) in [7, 11) is 0.